The van der Waals surface area contributed by atoms with Crippen molar-refractivity contribution in [1.82, 2.24) is 4.57 Å². The summed E-state index contributed by atoms with van der Waals surface area (Å²) in [5.74, 6) is 0. The molecular weight excluding hydrogens is 515 g/mol. The molecule has 39 heavy (non-hydrogen) atoms. The van der Waals surface area contributed by atoms with E-state index >= 15 is 0 Å². The highest BCUT2D eigenvalue weighted by molar-refractivity contribution is 7.33. The first-order valence-electron chi connectivity index (χ1n) is 13.0. The number of hydrogen-bond acceptors (Lipinski definition) is 3. The van der Waals surface area contributed by atoms with E-state index in [1.807, 2.05) is 6.07 Å². The molecule has 0 amide bonds. The van der Waals surface area contributed by atoms with Crippen LogP contribution in [0.25, 0.3) is 57.9 Å². The quantitative estimate of drug-likeness (QED) is 0.158. The molecule has 0 bridgehead atoms. The van der Waals surface area contributed by atoms with Gasteiger partial charge < -0.3 is 4.57 Å². The molecule has 3 aromatic heterocycles. The van der Waals surface area contributed by atoms with Crippen LogP contribution in [0.3, 0.4) is 0 Å². The number of fused-ring (bicyclic) bond motifs is 6. The van der Waals surface area contributed by atoms with Gasteiger partial charge in [-0.05, 0) is 70.5 Å². The molecule has 0 saturated heterocycles. The van der Waals surface area contributed by atoms with E-state index in [0.717, 1.165) is 10.6 Å². The molecule has 0 aliphatic rings. The molecule has 0 radical (unpaired) electrons. The van der Waals surface area contributed by atoms with E-state index in [1.54, 1.807) is 28.7 Å². The van der Waals surface area contributed by atoms with Gasteiger partial charge in [0.25, 0.3) is 5.70 Å². The fourth-order valence-electron chi connectivity index (χ4n) is 5.23. The third kappa shape index (κ3) is 4.23. The number of thiophene rings is 2. The maximum atomic E-state index is 9.14. The predicted molar refractivity (Wildman–Crippen MR) is 169 cm³/mol. The maximum Gasteiger partial charge on any atom is 0.263 e. The largest absolute Gasteiger partial charge is 0.309 e. The Balaban J connectivity index is 1.57. The number of nitriles is 1. The van der Waals surface area contributed by atoms with E-state index in [-0.39, 0.29) is 16.5 Å². The van der Waals surface area contributed by atoms with Crippen LogP contribution in [0.5, 0.6) is 0 Å². The number of hydrogen-bond donors (Lipinski definition) is 0. The third-order valence-corrected chi connectivity index (χ3v) is 9.76. The summed E-state index contributed by atoms with van der Waals surface area (Å²) in [6.45, 7) is 20.8. The van der Waals surface area contributed by atoms with Crippen LogP contribution in [0.4, 0.5) is 0 Å². The Morgan fingerprint density at radius 3 is 1.95 bits per heavy atom. The zero-order chi connectivity index (χ0) is 27.7. The summed E-state index contributed by atoms with van der Waals surface area (Å²) in [6.07, 6.45) is 1.68. The SMILES string of the molecule is [C-]#[N+]/C(C#N)=C\c1cc2sc3cc(-n4c5ccc(C(C)(C)C)cc5c5cc(C(C)(C)C)ccc54)ccc3c2s1. The smallest absolute Gasteiger partial charge is 0.263 e. The molecule has 3 heterocycles. The van der Waals surface area contributed by atoms with Gasteiger partial charge in [-0.2, -0.15) is 0 Å². The highest BCUT2D eigenvalue weighted by Crippen LogP contribution is 2.42. The van der Waals surface area contributed by atoms with Gasteiger partial charge >= 0.3 is 0 Å². The second kappa shape index (κ2) is 8.82. The summed E-state index contributed by atoms with van der Waals surface area (Å²) >= 11 is 3.41. The molecule has 192 valence electrons. The molecule has 0 aliphatic carbocycles. The highest BCUT2D eigenvalue weighted by atomic mass is 32.1. The Morgan fingerprint density at radius 2 is 1.41 bits per heavy atom. The standard InChI is InChI=1S/C34H29N3S2/c1-33(2,3)20-8-12-28-26(14-20)27-15-21(34(4,5)6)9-13-29(27)37(28)23-10-11-25-30(17-23)39-31-18-24(38-32(25)31)16-22(19-35)36-7/h8-18H,1-6H3/b22-16-. The molecule has 0 atom stereocenters. The number of allylic oxidation sites excluding steroid dienone is 1. The average Bonchev–Trinajstić information content (AvgIpc) is 3.53. The van der Waals surface area contributed by atoms with E-state index in [9.17, 15) is 0 Å². The van der Waals surface area contributed by atoms with Crippen molar-refractivity contribution in [2.75, 3.05) is 0 Å². The van der Waals surface area contributed by atoms with Crippen molar-refractivity contribution in [1.29, 1.82) is 5.26 Å². The molecule has 0 fully saturated rings. The van der Waals surface area contributed by atoms with Crippen molar-refractivity contribution in [2.45, 2.75) is 52.4 Å². The monoisotopic (exact) mass is 543 g/mol. The number of benzene rings is 3. The van der Waals surface area contributed by atoms with Gasteiger partial charge in [0.1, 0.15) is 0 Å². The van der Waals surface area contributed by atoms with Crippen LogP contribution in [0, 0.1) is 17.9 Å². The molecule has 0 aliphatic heterocycles. The Kier molecular flexibility index (Phi) is 5.74. The van der Waals surface area contributed by atoms with Crippen LogP contribution in [-0.4, -0.2) is 4.57 Å². The molecule has 0 saturated carbocycles. The van der Waals surface area contributed by atoms with Gasteiger partial charge in [-0.25, -0.2) is 10.1 Å². The van der Waals surface area contributed by atoms with Crippen LogP contribution >= 0.6 is 22.7 Å². The lowest BCUT2D eigenvalue weighted by Crippen LogP contribution is -2.10. The van der Waals surface area contributed by atoms with E-state index in [4.69, 9.17) is 11.8 Å². The maximum absolute atomic E-state index is 9.14. The van der Waals surface area contributed by atoms with Gasteiger partial charge in [0.05, 0.1) is 28.4 Å². The molecule has 0 N–H and O–H groups in total. The molecule has 3 nitrogen and oxygen atoms in total. The van der Waals surface area contributed by atoms with Crippen molar-refractivity contribution in [2.24, 2.45) is 0 Å². The summed E-state index contributed by atoms with van der Waals surface area (Å²) in [5, 5.41) is 12.9. The fraction of sp³-hybridized carbons (Fsp3) is 0.235. The van der Waals surface area contributed by atoms with Crippen LogP contribution in [0.2, 0.25) is 0 Å². The Hall–Kier alpha value is -3.90. The van der Waals surface area contributed by atoms with Crippen molar-refractivity contribution >= 4 is 70.0 Å². The van der Waals surface area contributed by atoms with E-state index in [1.165, 1.54) is 52.4 Å². The lowest BCUT2D eigenvalue weighted by molar-refractivity contribution is 0.590. The van der Waals surface area contributed by atoms with Crippen LogP contribution in [0.1, 0.15) is 57.5 Å². The Morgan fingerprint density at radius 1 is 0.795 bits per heavy atom. The number of aromatic nitrogens is 1. The second-order valence-corrected chi connectivity index (χ2v) is 14.3. The van der Waals surface area contributed by atoms with Gasteiger partial charge in [-0.15, -0.1) is 22.7 Å². The normalized spacial score (nSPS) is 13.0. The summed E-state index contributed by atoms with van der Waals surface area (Å²) in [7, 11) is 0. The van der Waals surface area contributed by atoms with Crippen LogP contribution in [0.15, 0.2) is 66.4 Å². The third-order valence-electron chi connectivity index (χ3n) is 7.42. The van der Waals surface area contributed by atoms with Crippen molar-refractivity contribution in [3.63, 3.8) is 0 Å². The van der Waals surface area contributed by atoms with Gasteiger partial charge in [0, 0.05) is 36.1 Å². The molecule has 6 rings (SSSR count). The zero-order valence-corrected chi connectivity index (χ0v) is 24.6. The molecule has 3 aromatic carbocycles. The molecule has 6 aromatic rings. The van der Waals surface area contributed by atoms with E-state index in [0.29, 0.717) is 0 Å². The first kappa shape index (κ1) is 25.4. The predicted octanol–water partition coefficient (Wildman–Crippen LogP) is 10.6. The Labute approximate surface area is 237 Å². The van der Waals surface area contributed by atoms with Crippen molar-refractivity contribution < 1.29 is 0 Å². The lowest BCUT2D eigenvalue weighted by atomic mass is 9.85. The number of rotatable bonds is 2. The minimum atomic E-state index is 0.0721. The summed E-state index contributed by atoms with van der Waals surface area (Å²) < 4.78 is 6.04. The van der Waals surface area contributed by atoms with Gasteiger partial charge in [0.2, 0.25) is 0 Å². The minimum absolute atomic E-state index is 0.0721. The topological polar surface area (TPSA) is 33.1 Å². The first-order valence-corrected chi connectivity index (χ1v) is 14.7. The van der Waals surface area contributed by atoms with Crippen LogP contribution in [-0.2, 0) is 10.8 Å². The molecule has 0 unspecified atom stereocenters. The summed E-state index contributed by atoms with van der Waals surface area (Å²) in [4.78, 5) is 4.25. The second-order valence-electron chi connectivity index (χ2n) is 12.2. The van der Waals surface area contributed by atoms with Crippen LogP contribution < -0.4 is 0 Å². The Bertz CT molecular complexity index is 1960. The van der Waals surface area contributed by atoms with Crippen molar-refractivity contribution in [3.8, 4) is 11.8 Å². The minimum Gasteiger partial charge on any atom is -0.309 e. The van der Waals surface area contributed by atoms with Gasteiger partial charge in [-0.1, -0.05) is 59.7 Å². The number of nitrogens with zero attached hydrogens (tertiary/aromatic N) is 3. The molecule has 5 heteroatoms. The summed E-state index contributed by atoms with van der Waals surface area (Å²) in [5.41, 5.74) is 6.54. The van der Waals surface area contributed by atoms with Crippen molar-refractivity contribution in [3.05, 3.63) is 93.8 Å². The highest BCUT2D eigenvalue weighted by Gasteiger charge is 2.21. The zero-order valence-electron chi connectivity index (χ0n) is 23.0. The summed E-state index contributed by atoms with van der Waals surface area (Å²) in [6, 6.07) is 24.7. The average molecular weight is 544 g/mol. The first-order chi connectivity index (χ1) is 18.5. The molecular formula is C34H29N3S2. The fourth-order valence-corrected chi connectivity index (χ4v) is 7.73. The van der Waals surface area contributed by atoms with Gasteiger partial charge in [0.15, 0.2) is 0 Å². The van der Waals surface area contributed by atoms with E-state index in [2.05, 4.69) is 112 Å². The molecule has 0 spiro atoms. The van der Waals surface area contributed by atoms with Gasteiger partial charge in [-0.3, -0.25) is 0 Å². The van der Waals surface area contributed by atoms with E-state index < -0.39 is 0 Å². The lowest BCUT2D eigenvalue weighted by Gasteiger charge is -2.19.